The van der Waals surface area contributed by atoms with Crippen molar-refractivity contribution in [3.05, 3.63) is 89.2 Å². The van der Waals surface area contributed by atoms with E-state index in [4.69, 9.17) is 9.47 Å². The minimum Gasteiger partial charge on any atom is -0.454 e. The van der Waals surface area contributed by atoms with Gasteiger partial charge in [-0.1, -0.05) is 42.5 Å². The van der Waals surface area contributed by atoms with Gasteiger partial charge in [-0.15, -0.1) is 0 Å². The maximum Gasteiger partial charge on any atom is 0.254 e. The molecule has 1 aliphatic rings. The first-order chi connectivity index (χ1) is 15.0. The fourth-order valence-electron chi connectivity index (χ4n) is 3.40. The van der Waals surface area contributed by atoms with Crippen molar-refractivity contribution in [2.45, 2.75) is 19.4 Å². The van der Waals surface area contributed by atoms with Crippen LogP contribution in [0.3, 0.4) is 0 Å². The van der Waals surface area contributed by atoms with Crippen LogP contribution in [-0.4, -0.2) is 24.6 Å². The summed E-state index contributed by atoms with van der Waals surface area (Å²) in [5.41, 5.74) is 2.20. The molecule has 0 fully saturated rings. The molecule has 1 atom stereocenters. The Morgan fingerprint density at radius 1 is 1.00 bits per heavy atom. The normalized spacial score (nSPS) is 12.8. The molecule has 2 N–H and O–H groups in total. The molecule has 0 saturated carbocycles. The van der Waals surface area contributed by atoms with Crippen LogP contribution < -0.4 is 20.1 Å². The third-order valence-electron chi connectivity index (χ3n) is 5.08. The number of fused-ring (bicyclic) bond motifs is 1. The third kappa shape index (κ3) is 4.50. The molecule has 1 aliphatic heterocycles. The number of aryl methyl sites for hydroxylation is 1. The fraction of sp³-hybridized carbons (Fsp3) is 0.167. The number of para-hydroxylation sites is 1. The van der Waals surface area contributed by atoms with Crippen LogP contribution in [0, 0.1) is 12.7 Å². The molecule has 7 heteroatoms. The van der Waals surface area contributed by atoms with Crippen molar-refractivity contribution in [3.8, 4) is 11.5 Å². The molecule has 0 saturated heterocycles. The highest BCUT2D eigenvalue weighted by Gasteiger charge is 2.26. The van der Waals surface area contributed by atoms with Crippen molar-refractivity contribution in [2.75, 3.05) is 12.1 Å². The summed E-state index contributed by atoms with van der Waals surface area (Å²) in [6.07, 6.45) is 0.241. The van der Waals surface area contributed by atoms with Crippen LogP contribution in [0.15, 0.2) is 66.7 Å². The number of ether oxygens (including phenoxy) is 2. The van der Waals surface area contributed by atoms with Crippen LogP contribution in [0.5, 0.6) is 11.5 Å². The Morgan fingerprint density at radius 3 is 2.58 bits per heavy atom. The highest BCUT2D eigenvalue weighted by Crippen LogP contribution is 2.38. The largest absolute Gasteiger partial charge is 0.454 e. The topological polar surface area (TPSA) is 76.7 Å². The number of rotatable bonds is 6. The minimum atomic E-state index is -0.939. The van der Waals surface area contributed by atoms with Gasteiger partial charge in [-0.25, -0.2) is 4.39 Å². The predicted molar refractivity (Wildman–Crippen MR) is 114 cm³/mol. The zero-order valence-corrected chi connectivity index (χ0v) is 16.9. The summed E-state index contributed by atoms with van der Waals surface area (Å²) in [5, 5.41) is 5.48. The molecule has 3 aromatic rings. The van der Waals surface area contributed by atoms with E-state index in [0.717, 1.165) is 11.1 Å². The first-order valence-corrected chi connectivity index (χ1v) is 9.82. The van der Waals surface area contributed by atoms with Gasteiger partial charge in [-0.2, -0.15) is 0 Å². The van der Waals surface area contributed by atoms with E-state index in [1.807, 2.05) is 31.2 Å². The molecule has 31 heavy (non-hydrogen) atoms. The smallest absolute Gasteiger partial charge is 0.254 e. The fourth-order valence-corrected chi connectivity index (χ4v) is 3.40. The Kier molecular flexibility index (Phi) is 5.84. The summed E-state index contributed by atoms with van der Waals surface area (Å²) in [5.74, 6) is -0.794. The van der Waals surface area contributed by atoms with E-state index < -0.39 is 23.7 Å². The summed E-state index contributed by atoms with van der Waals surface area (Å²) in [7, 11) is 0. The molecule has 0 aromatic heterocycles. The lowest BCUT2D eigenvalue weighted by Crippen LogP contribution is -2.45. The summed E-state index contributed by atoms with van der Waals surface area (Å²) in [4.78, 5) is 25.9. The second kappa shape index (κ2) is 8.87. The van der Waals surface area contributed by atoms with Crippen molar-refractivity contribution < 1.29 is 23.5 Å². The van der Waals surface area contributed by atoms with E-state index in [1.165, 1.54) is 18.2 Å². The van der Waals surface area contributed by atoms with Crippen LogP contribution >= 0.6 is 0 Å². The van der Waals surface area contributed by atoms with E-state index in [2.05, 4.69) is 10.6 Å². The number of carbonyl (C=O) groups excluding carboxylic acids is 2. The van der Waals surface area contributed by atoms with Gasteiger partial charge in [0.2, 0.25) is 12.7 Å². The Morgan fingerprint density at radius 2 is 1.77 bits per heavy atom. The number of nitrogens with one attached hydrogen (secondary N) is 2. The van der Waals surface area contributed by atoms with Crippen LogP contribution in [0.1, 0.15) is 21.5 Å². The number of halogens is 1. The second-order valence-corrected chi connectivity index (χ2v) is 7.17. The standard InChI is InChI=1S/C24H21FN2O4/c1-15-7-2-3-8-16(15)13-20(27-23(28)17-9-4-5-10-18(17)25)24(29)26-19-11-6-12-21-22(19)31-14-30-21/h2-12,20H,13-14H2,1H3,(H,26,29)(H,27,28). The van der Waals surface area contributed by atoms with Crippen LogP contribution in [0.4, 0.5) is 10.1 Å². The summed E-state index contributed by atoms with van der Waals surface area (Å²) in [6.45, 7) is 2.00. The lowest BCUT2D eigenvalue weighted by Gasteiger charge is -2.20. The minimum absolute atomic E-state index is 0.0683. The molecule has 0 spiro atoms. The van der Waals surface area contributed by atoms with E-state index in [-0.39, 0.29) is 18.8 Å². The first kappa shape index (κ1) is 20.4. The first-order valence-electron chi connectivity index (χ1n) is 9.82. The quantitative estimate of drug-likeness (QED) is 0.635. The van der Waals surface area contributed by atoms with Crippen molar-refractivity contribution in [1.29, 1.82) is 0 Å². The van der Waals surface area contributed by atoms with Gasteiger partial charge in [0.15, 0.2) is 11.5 Å². The maximum atomic E-state index is 14.1. The molecule has 1 heterocycles. The lowest BCUT2D eigenvalue weighted by molar-refractivity contribution is -0.118. The number of hydrogen-bond donors (Lipinski definition) is 2. The number of benzene rings is 3. The van der Waals surface area contributed by atoms with E-state index >= 15 is 0 Å². The van der Waals surface area contributed by atoms with Gasteiger partial charge in [0.05, 0.1) is 11.3 Å². The van der Waals surface area contributed by atoms with Gasteiger partial charge in [-0.05, 0) is 42.3 Å². The van der Waals surface area contributed by atoms with Gasteiger partial charge in [0.25, 0.3) is 5.91 Å². The van der Waals surface area contributed by atoms with Gasteiger partial charge >= 0.3 is 0 Å². The van der Waals surface area contributed by atoms with Crippen molar-refractivity contribution >= 4 is 17.5 Å². The third-order valence-corrected chi connectivity index (χ3v) is 5.08. The molecule has 2 amide bonds. The Bertz CT molecular complexity index is 1130. The highest BCUT2D eigenvalue weighted by atomic mass is 19.1. The van der Waals surface area contributed by atoms with E-state index in [1.54, 1.807) is 24.3 Å². The number of amides is 2. The maximum absolute atomic E-state index is 14.1. The van der Waals surface area contributed by atoms with Crippen molar-refractivity contribution in [1.82, 2.24) is 5.32 Å². The predicted octanol–water partition coefficient (Wildman–Crippen LogP) is 3.84. The molecule has 0 aliphatic carbocycles. The molecule has 6 nitrogen and oxygen atoms in total. The molecule has 158 valence electrons. The van der Waals surface area contributed by atoms with Crippen LogP contribution in [-0.2, 0) is 11.2 Å². The zero-order chi connectivity index (χ0) is 21.8. The van der Waals surface area contributed by atoms with Crippen LogP contribution in [0.25, 0.3) is 0 Å². The highest BCUT2D eigenvalue weighted by molar-refractivity contribution is 6.02. The molecule has 3 aromatic carbocycles. The van der Waals surface area contributed by atoms with E-state index in [0.29, 0.717) is 17.2 Å². The average molecular weight is 420 g/mol. The molecule has 4 rings (SSSR count). The monoisotopic (exact) mass is 420 g/mol. The summed E-state index contributed by atoms with van der Waals surface area (Å²) in [6, 6.07) is 17.5. The molecule has 1 unspecified atom stereocenters. The zero-order valence-electron chi connectivity index (χ0n) is 16.9. The molecule has 0 radical (unpaired) electrons. The lowest BCUT2D eigenvalue weighted by atomic mass is 10.00. The summed E-state index contributed by atoms with van der Waals surface area (Å²) < 4.78 is 24.9. The van der Waals surface area contributed by atoms with Gasteiger partial charge in [0, 0.05) is 6.42 Å². The van der Waals surface area contributed by atoms with Gasteiger partial charge in [-0.3, -0.25) is 9.59 Å². The Hall–Kier alpha value is -3.87. The molecular formula is C24H21FN2O4. The van der Waals surface area contributed by atoms with Crippen molar-refractivity contribution in [3.63, 3.8) is 0 Å². The van der Waals surface area contributed by atoms with Crippen molar-refractivity contribution in [2.24, 2.45) is 0 Å². The average Bonchev–Trinajstić information content (AvgIpc) is 3.25. The number of carbonyl (C=O) groups is 2. The number of anilines is 1. The second-order valence-electron chi connectivity index (χ2n) is 7.17. The number of hydrogen-bond acceptors (Lipinski definition) is 4. The molecule has 0 bridgehead atoms. The summed E-state index contributed by atoms with van der Waals surface area (Å²) >= 11 is 0. The Balaban J connectivity index is 1.59. The van der Waals surface area contributed by atoms with E-state index in [9.17, 15) is 14.0 Å². The van der Waals surface area contributed by atoms with Gasteiger partial charge < -0.3 is 20.1 Å². The SMILES string of the molecule is Cc1ccccc1CC(NC(=O)c1ccccc1F)C(=O)Nc1cccc2c1OCO2. The molecular weight excluding hydrogens is 399 g/mol. The Labute approximate surface area is 179 Å². The van der Waals surface area contributed by atoms with Crippen LogP contribution in [0.2, 0.25) is 0 Å². The van der Waals surface area contributed by atoms with Gasteiger partial charge in [0.1, 0.15) is 11.9 Å².